The van der Waals surface area contributed by atoms with Gasteiger partial charge in [0.05, 0.1) is 17.7 Å². The summed E-state index contributed by atoms with van der Waals surface area (Å²) in [4.78, 5) is 11.9. The van der Waals surface area contributed by atoms with E-state index < -0.39 is 17.7 Å². The molecule has 2 rings (SSSR count). The summed E-state index contributed by atoms with van der Waals surface area (Å²) in [5.74, 6) is -0.468. The highest BCUT2D eigenvalue weighted by Crippen LogP contribution is 2.30. The van der Waals surface area contributed by atoms with Gasteiger partial charge in [-0.2, -0.15) is 13.2 Å². The fraction of sp³-hybridized carbons (Fsp3) is 0.235. The number of carbonyl (C=O) groups excluding carboxylic acids is 1. The number of hydrogen-bond donors (Lipinski definition) is 0. The molecule has 0 saturated heterocycles. The molecule has 22 heavy (non-hydrogen) atoms. The van der Waals surface area contributed by atoms with Crippen LogP contribution in [0.2, 0.25) is 0 Å². The number of halogens is 3. The normalized spacial score (nSPS) is 11.3. The molecule has 0 aliphatic heterocycles. The molecule has 0 unspecified atom stereocenters. The molecule has 2 aromatic rings. The van der Waals surface area contributed by atoms with Gasteiger partial charge in [0.2, 0.25) is 0 Å². The molecule has 2 aromatic carbocycles. The Kier molecular flexibility index (Phi) is 4.85. The molecular formula is C17H15F3O2. The van der Waals surface area contributed by atoms with Crippen LogP contribution in [0.3, 0.4) is 0 Å². The zero-order valence-corrected chi connectivity index (χ0v) is 12.0. The molecule has 0 N–H and O–H groups in total. The molecule has 0 saturated carbocycles. The van der Waals surface area contributed by atoms with Gasteiger partial charge in [-0.15, -0.1) is 0 Å². The molecule has 5 heteroatoms. The Morgan fingerprint density at radius 2 is 1.82 bits per heavy atom. The van der Waals surface area contributed by atoms with Crippen molar-refractivity contribution in [2.75, 3.05) is 6.61 Å². The summed E-state index contributed by atoms with van der Waals surface area (Å²) in [6, 6.07) is 11.9. The van der Waals surface area contributed by atoms with Gasteiger partial charge in [-0.05, 0) is 36.6 Å². The Bertz CT molecular complexity index is 663. The number of hydrogen-bond acceptors (Lipinski definition) is 2. The van der Waals surface area contributed by atoms with Crippen LogP contribution in [0.1, 0.15) is 34.0 Å². The summed E-state index contributed by atoms with van der Waals surface area (Å²) in [6.45, 7) is 1.95. The third-order valence-electron chi connectivity index (χ3n) is 3.16. The highest BCUT2D eigenvalue weighted by molar-refractivity contribution is 5.91. The van der Waals surface area contributed by atoms with E-state index in [4.69, 9.17) is 4.74 Å². The maximum atomic E-state index is 12.7. The van der Waals surface area contributed by atoms with Crippen molar-refractivity contribution in [3.63, 3.8) is 0 Å². The first kappa shape index (κ1) is 16.1. The molecule has 0 amide bonds. The highest BCUT2D eigenvalue weighted by atomic mass is 19.4. The summed E-state index contributed by atoms with van der Waals surface area (Å²) in [7, 11) is 0. The number of alkyl halides is 3. The standard InChI is InChI=1S/C17H15F3O2/c1-2-22-16(21)15-9-4-3-7-13(15)10-12-6-5-8-14(11-12)17(18,19)20/h3-9,11H,2,10H2,1H3. The lowest BCUT2D eigenvalue weighted by molar-refractivity contribution is -0.137. The van der Waals surface area contributed by atoms with E-state index in [2.05, 4.69) is 0 Å². The molecule has 0 aromatic heterocycles. The number of rotatable bonds is 4. The van der Waals surface area contributed by atoms with Crippen LogP contribution in [0.5, 0.6) is 0 Å². The van der Waals surface area contributed by atoms with E-state index >= 15 is 0 Å². The fourth-order valence-corrected chi connectivity index (χ4v) is 2.16. The number of esters is 1. The largest absolute Gasteiger partial charge is 0.462 e. The lowest BCUT2D eigenvalue weighted by Gasteiger charge is -2.11. The molecule has 0 atom stereocenters. The quantitative estimate of drug-likeness (QED) is 0.779. The Hall–Kier alpha value is -2.30. The van der Waals surface area contributed by atoms with E-state index in [9.17, 15) is 18.0 Å². The van der Waals surface area contributed by atoms with Gasteiger partial charge >= 0.3 is 12.1 Å². The lowest BCUT2D eigenvalue weighted by Crippen LogP contribution is -2.09. The monoisotopic (exact) mass is 308 g/mol. The summed E-state index contributed by atoms with van der Waals surface area (Å²) in [6.07, 6.45) is -4.14. The second kappa shape index (κ2) is 6.64. The molecule has 0 heterocycles. The van der Waals surface area contributed by atoms with Crippen LogP contribution in [0.4, 0.5) is 13.2 Å². The minimum atomic E-state index is -4.38. The van der Waals surface area contributed by atoms with Crippen molar-refractivity contribution in [3.8, 4) is 0 Å². The third-order valence-corrected chi connectivity index (χ3v) is 3.16. The maximum absolute atomic E-state index is 12.7. The summed E-state index contributed by atoms with van der Waals surface area (Å²) in [5.41, 5.74) is 0.812. The van der Waals surface area contributed by atoms with Crippen LogP contribution < -0.4 is 0 Å². The van der Waals surface area contributed by atoms with Gasteiger partial charge in [0.25, 0.3) is 0 Å². The zero-order valence-electron chi connectivity index (χ0n) is 12.0. The average Bonchev–Trinajstić information content (AvgIpc) is 2.47. The van der Waals surface area contributed by atoms with Crippen molar-refractivity contribution in [3.05, 3.63) is 70.8 Å². The van der Waals surface area contributed by atoms with Crippen LogP contribution in [-0.4, -0.2) is 12.6 Å². The highest BCUT2D eigenvalue weighted by Gasteiger charge is 2.30. The average molecular weight is 308 g/mol. The fourth-order valence-electron chi connectivity index (χ4n) is 2.16. The first-order valence-electron chi connectivity index (χ1n) is 6.83. The molecular weight excluding hydrogens is 293 g/mol. The molecule has 0 spiro atoms. The van der Waals surface area contributed by atoms with Gasteiger partial charge in [-0.3, -0.25) is 0 Å². The summed E-state index contributed by atoms with van der Waals surface area (Å²) >= 11 is 0. The van der Waals surface area contributed by atoms with Gasteiger partial charge < -0.3 is 4.74 Å². The van der Waals surface area contributed by atoms with E-state index in [-0.39, 0.29) is 13.0 Å². The number of ether oxygens (including phenoxy) is 1. The Balaban J connectivity index is 2.30. The molecule has 0 fully saturated rings. The molecule has 2 nitrogen and oxygen atoms in total. The van der Waals surface area contributed by atoms with E-state index in [1.54, 1.807) is 37.3 Å². The van der Waals surface area contributed by atoms with Crippen molar-refractivity contribution in [1.82, 2.24) is 0 Å². The molecule has 0 radical (unpaired) electrons. The Morgan fingerprint density at radius 3 is 2.50 bits per heavy atom. The SMILES string of the molecule is CCOC(=O)c1ccccc1Cc1cccc(C(F)(F)F)c1. The lowest BCUT2D eigenvalue weighted by atomic mass is 9.98. The van der Waals surface area contributed by atoms with Crippen molar-refractivity contribution >= 4 is 5.97 Å². The first-order chi connectivity index (χ1) is 10.4. The molecule has 0 bridgehead atoms. The van der Waals surface area contributed by atoms with Crippen molar-refractivity contribution in [2.24, 2.45) is 0 Å². The van der Waals surface area contributed by atoms with Crippen LogP contribution >= 0.6 is 0 Å². The summed E-state index contributed by atoms with van der Waals surface area (Å²) < 4.78 is 43.2. The van der Waals surface area contributed by atoms with Crippen molar-refractivity contribution in [2.45, 2.75) is 19.5 Å². The van der Waals surface area contributed by atoms with Crippen LogP contribution in [0.25, 0.3) is 0 Å². The van der Waals surface area contributed by atoms with Gasteiger partial charge in [0.1, 0.15) is 0 Å². The maximum Gasteiger partial charge on any atom is 0.416 e. The van der Waals surface area contributed by atoms with Crippen LogP contribution in [-0.2, 0) is 17.3 Å². The minimum absolute atomic E-state index is 0.235. The van der Waals surface area contributed by atoms with Gasteiger partial charge in [0.15, 0.2) is 0 Å². The third kappa shape index (κ3) is 3.87. The molecule has 0 aliphatic carbocycles. The molecule has 0 aliphatic rings. The topological polar surface area (TPSA) is 26.3 Å². The zero-order chi connectivity index (χ0) is 16.2. The predicted molar refractivity (Wildman–Crippen MR) is 76.6 cm³/mol. The smallest absolute Gasteiger partial charge is 0.416 e. The second-order valence-corrected chi connectivity index (χ2v) is 4.75. The van der Waals surface area contributed by atoms with Crippen molar-refractivity contribution < 1.29 is 22.7 Å². The summed E-state index contributed by atoms with van der Waals surface area (Å²) in [5, 5.41) is 0. The van der Waals surface area contributed by atoms with E-state index in [0.29, 0.717) is 16.7 Å². The van der Waals surface area contributed by atoms with Crippen molar-refractivity contribution in [1.29, 1.82) is 0 Å². The van der Waals surface area contributed by atoms with Gasteiger partial charge in [0, 0.05) is 0 Å². The number of benzene rings is 2. The number of carbonyl (C=O) groups is 1. The predicted octanol–water partition coefficient (Wildman–Crippen LogP) is 4.47. The first-order valence-corrected chi connectivity index (χ1v) is 6.83. The Labute approximate surface area is 126 Å². The van der Waals surface area contributed by atoms with E-state index in [1.165, 1.54) is 6.07 Å². The van der Waals surface area contributed by atoms with Gasteiger partial charge in [-0.25, -0.2) is 4.79 Å². The Morgan fingerprint density at radius 1 is 1.09 bits per heavy atom. The van der Waals surface area contributed by atoms with Gasteiger partial charge in [-0.1, -0.05) is 36.4 Å². The van der Waals surface area contributed by atoms with Crippen LogP contribution in [0, 0.1) is 0 Å². The van der Waals surface area contributed by atoms with E-state index in [0.717, 1.165) is 12.1 Å². The molecule has 116 valence electrons. The second-order valence-electron chi connectivity index (χ2n) is 4.75. The van der Waals surface area contributed by atoms with Crippen LogP contribution in [0.15, 0.2) is 48.5 Å². The minimum Gasteiger partial charge on any atom is -0.462 e. The van der Waals surface area contributed by atoms with E-state index in [1.807, 2.05) is 0 Å².